The van der Waals surface area contributed by atoms with E-state index in [9.17, 15) is 9.59 Å². The van der Waals surface area contributed by atoms with E-state index in [0.29, 0.717) is 54.6 Å². The highest BCUT2D eigenvalue weighted by molar-refractivity contribution is 6.01. The van der Waals surface area contributed by atoms with Gasteiger partial charge < -0.3 is 9.47 Å². The van der Waals surface area contributed by atoms with Gasteiger partial charge in [-0.25, -0.2) is 5.10 Å². The van der Waals surface area contributed by atoms with Crippen molar-refractivity contribution >= 4 is 11.6 Å². The molecule has 8 nitrogen and oxygen atoms in total. The Balaban J connectivity index is 1.54. The highest BCUT2D eigenvalue weighted by Crippen LogP contribution is 2.37. The van der Waals surface area contributed by atoms with Crippen LogP contribution < -0.4 is 9.47 Å². The summed E-state index contributed by atoms with van der Waals surface area (Å²) in [6.07, 6.45) is 0.895. The lowest BCUT2D eigenvalue weighted by Gasteiger charge is -2.24. The molecule has 2 unspecified atom stereocenters. The summed E-state index contributed by atoms with van der Waals surface area (Å²) in [4.78, 5) is 25.1. The standard InChI is InChI=1S/C18H22N4O4/c1-8(2)13-17-15(21-19-13)16(24)10(7-26-17)6-9(3)14-12-11(23)4-5-25-18(12)22-20-14/h8-10H,4-7H2,1-3H3,(H,19,21)(H,20,22). The second kappa shape index (κ2) is 6.26. The quantitative estimate of drug-likeness (QED) is 0.869. The smallest absolute Gasteiger partial charge is 0.220 e. The maximum Gasteiger partial charge on any atom is 0.220 e. The van der Waals surface area contributed by atoms with Crippen LogP contribution in [0.4, 0.5) is 0 Å². The van der Waals surface area contributed by atoms with Crippen LogP contribution in [0, 0.1) is 5.92 Å². The van der Waals surface area contributed by atoms with Crippen LogP contribution in [0.1, 0.15) is 77.7 Å². The minimum atomic E-state index is -0.301. The van der Waals surface area contributed by atoms with Gasteiger partial charge in [0.1, 0.15) is 17.0 Å². The first kappa shape index (κ1) is 16.8. The van der Waals surface area contributed by atoms with Crippen molar-refractivity contribution in [2.24, 2.45) is 5.92 Å². The number of carbonyl (C=O) groups is 2. The van der Waals surface area contributed by atoms with Crippen molar-refractivity contribution in [1.29, 1.82) is 0 Å². The summed E-state index contributed by atoms with van der Waals surface area (Å²) in [5, 5.41) is 14.1. The Bertz CT molecular complexity index is 867. The van der Waals surface area contributed by atoms with E-state index in [-0.39, 0.29) is 29.3 Å². The largest absolute Gasteiger partial charge is 0.488 e. The van der Waals surface area contributed by atoms with E-state index >= 15 is 0 Å². The normalized spacial score (nSPS) is 20.4. The van der Waals surface area contributed by atoms with Crippen molar-refractivity contribution in [3.05, 3.63) is 22.6 Å². The first-order chi connectivity index (χ1) is 12.5. The molecule has 2 aliphatic heterocycles. The van der Waals surface area contributed by atoms with E-state index in [2.05, 4.69) is 20.4 Å². The molecule has 2 aromatic heterocycles. The number of aromatic nitrogens is 4. The number of Topliss-reactive ketones (excluding diaryl/α,β-unsaturated/α-hetero) is 2. The fraction of sp³-hybridized carbons (Fsp3) is 0.556. The van der Waals surface area contributed by atoms with Crippen LogP contribution in [0.3, 0.4) is 0 Å². The molecule has 0 spiro atoms. The number of aromatic amines is 2. The minimum absolute atomic E-state index is 0.00415. The number of hydrogen-bond donors (Lipinski definition) is 2. The predicted octanol–water partition coefficient (Wildman–Crippen LogP) is 2.61. The average molecular weight is 358 g/mol. The maximum atomic E-state index is 12.8. The molecule has 4 rings (SSSR count). The number of rotatable bonds is 4. The van der Waals surface area contributed by atoms with Crippen molar-refractivity contribution in [3.8, 4) is 11.6 Å². The van der Waals surface area contributed by atoms with Crippen LogP contribution in [0.5, 0.6) is 11.6 Å². The predicted molar refractivity (Wildman–Crippen MR) is 92.1 cm³/mol. The lowest BCUT2D eigenvalue weighted by atomic mass is 9.86. The van der Waals surface area contributed by atoms with E-state index in [4.69, 9.17) is 9.47 Å². The van der Waals surface area contributed by atoms with Crippen LogP contribution in [0.15, 0.2) is 0 Å². The van der Waals surface area contributed by atoms with Gasteiger partial charge in [-0.2, -0.15) is 10.2 Å². The molecule has 8 heteroatoms. The summed E-state index contributed by atoms with van der Waals surface area (Å²) in [5.41, 5.74) is 2.41. The van der Waals surface area contributed by atoms with E-state index < -0.39 is 0 Å². The number of nitrogens with one attached hydrogen (secondary N) is 2. The molecular formula is C18H22N4O4. The Hall–Kier alpha value is -2.64. The summed E-state index contributed by atoms with van der Waals surface area (Å²) < 4.78 is 11.3. The van der Waals surface area contributed by atoms with Crippen molar-refractivity contribution in [2.75, 3.05) is 13.2 Å². The minimum Gasteiger partial charge on any atom is -0.488 e. The number of ether oxygens (including phenoxy) is 2. The lowest BCUT2D eigenvalue weighted by molar-refractivity contribution is 0.0806. The highest BCUT2D eigenvalue weighted by atomic mass is 16.5. The second-order valence-corrected chi connectivity index (χ2v) is 7.31. The van der Waals surface area contributed by atoms with Gasteiger partial charge in [0.15, 0.2) is 17.3 Å². The Labute approximate surface area is 150 Å². The monoisotopic (exact) mass is 358 g/mol. The highest BCUT2D eigenvalue weighted by Gasteiger charge is 2.36. The summed E-state index contributed by atoms with van der Waals surface area (Å²) in [5.74, 6) is 0.855. The van der Waals surface area contributed by atoms with Gasteiger partial charge in [0.2, 0.25) is 5.88 Å². The number of ketones is 2. The molecule has 0 saturated heterocycles. The molecule has 2 N–H and O–H groups in total. The first-order valence-corrected chi connectivity index (χ1v) is 8.96. The van der Waals surface area contributed by atoms with Crippen LogP contribution >= 0.6 is 0 Å². The third kappa shape index (κ3) is 2.60. The van der Waals surface area contributed by atoms with Crippen LogP contribution in [0.2, 0.25) is 0 Å². The van der Waals surface area contributed by atoms with Gasteiger partial charge in [-0.05, 0) is 6.42 Å². The van der Waals surface area contributed by atoms with Crippen molar-refractivity contribution in [3.63, 3.8) is 0 Å². The van der Waals surface area contributed by atoms with Crippen LogP contribution in [-0.4, -0.2) is 45.2 Å². The van der Waals surface area contributed by atoms with Gasteiger partial charge in [-0.3, -0.25) is 14.7 Å². The molecule has 2 aromatic rings. The second-order valence-electron chi connectivity index (χ2n) is 7.31. The summed E-state index contributed by atoms with van der Waals surface area (Å²) in [6.45, 7) is 6.67. The molecule has 0 bridgehead atoms. The molecule has 0 amide bonds. The fourth-order valence-electron chi connectivity index (χ4n) is 3.67. The number of fused-ring (bicyclic) bond motifs is 2. The van der Waals surface area contributed by atoms with E-state index in [1.54, 1.807) is 0 Å². The molecule has 138 valence electrons. The van der Waals surface area contributed by atoms with Gasteiger partial charge in [-0.15, -0.1) is 0 Å². The van der Waals surface area contributed by atoms with Gasteiger partial charge in [0, 0.05) is 18.3 Å². The number of hydrogen-bond acceptors (Lipinski definition) is 6. The molecule has 0 aliphatic carbocycles. The Morgan fingerprint density at radius 2 is 1.88 bits per heavy atom. The number of carbonyl (C=O) groups excluding carboxylic acids is 2. The van der Waals surface area contributed by atoms with Crippen molar-refractivity contribution in [2.45, 2.75) is 45.4 Å². The number of nitrogens with zero attached hydrogens (tertiary/aromatic N) is 2. The maximum absolute atomic E-state index is 12.8. The molecule has 0 fully saturated rings. The van der Waals surface area contributed by atoms with Gasteiger partial charge >= 0.3 is 0 Å². The van der Waals surface area contributed by atoms with Gasteiger partial charge in [-0.1, -0.05) is 20.8 Å². The van der Waals surface area contributed by atoms with Crippen molar-refractivity contribution in [1.82, 2.24) is 20.4 Å². The molecular weight excluding hydrogens is 336 g/mol. The molecule has 2 aliphatic rings. The van der Waals surface area contributed by atoms with Crippen molar-refractivity contribution < 1.29 is 19.1 Å². The molecule has 0 aromatic carbocycles. The van der Waals surface area contributed by atoms with E-state index in [1.807, 2.05) is 20.8 Å². The van der Waals surface area contributed by atoms with Crippen LogP contribution in [-0.2, 0) is 0 Å². The van der Waals surface area contributed by atoms with E-state index in [1.165, 1.54) is 0 Å². The Morgan fingerprint density at radius 3 is 2.65 bits per heavy atom. The lowest BCUT2D eigenvalue weighted by Crippen LogP contribution is -2.29. The fourth-order valence-corrected chi connectivity index (χ4v) is 3.67. The zero-order chi connectivity index (χ0) is 18.4. The molecule has 2 atom stereocenters. The molecule has 0 radical (unpaired) electrons. The molecule has 26 heavy (non-hydrogen) atoms. The Morgan fingerprint density at radius 1 is 1.12 bits per heavy atom. The summed E-state index contributed by atoms with van der Waals surface area (Å²) in [7, 11) is 0. The zero-order valence-corrected chi connectivity index (χ0v) is 15.1. The molecule has 0 saturated carbocycles. The Kier molecular flexibility index (Phi) is 4.05. The van der Waals surface area contributed by atoms with Gasteiger partial charge in [0.25, 0.3) is 0 Å². The number of H-pyrrole nitrogens is 2. The third-order valence-corrected chi connectivity index (χ3v) is 5.06. The average Bonchev–Trinajstić information content (AvgIpc) is 3.22. The molecule has 4 heterocycles. The first-order valence-electron chi connectivity index (χ1n) is 8.96. The van der Waals surface area contributed by atoms with Gasteiger partial charge in [0.05, 0.1) is 24.8 Å². The summed E-state index contributed by atoms with van der Waals surface area (Å²) >= 11 is 0. The zero-order valence-electron chi connectivity index (χ0n) is 15.1. The van der Waals surface area contributed by atoms with Crippen LogP contribution in [0.25, 0.3) is 0 Å². The summed E-state index contributed by atoms with van der Waals surface area (Å²) in [6, 6.07) is 0. The third-order valence-electron chi connectivity index (χ3n) is 5.06. The van der Waals surface area contributed by atoms with E-state index in [0.717, 1.165) is 5.69 Å². The topological polar surface area (TPSA) is 110 Å². The SMILES string of the molecule is CC(C)c1n[nH]c2c1OCC(CC(C)c1n[nH]c3c1C(=O)CCO3)C2=O.